The lowest BCUT2D eigenvalue weighted by Gasteiger charge is -2.52. The molecule has 2 atom stereocenters. The van der Waals surface area contributed by atoms with Gasteiger partial charge >= 0.3 is 0 Å². The molecule has 4 rings (SSSR count). The molecule has 3 fully saturated rings. The molecule has 3 aliphatic rings. The molecule has 2 amide bonds. The Hall–Kier alpha value is -2.01. The highest BCUT2D eigenvalue weighted by molar-refractivity contribution is 7.85. The van der Waals surface area contributed by atoms with E-state index < -0.39 is 27.8 Å². The quantitative estimate of drug-likeness (QED) is 0.456. The molecule has 1 spiro atoms. The van der Waals surface area contributed by atoms with Crippen LogP contribution in [0.2, 0.25) is 0 Å². The lowest BCUT2D eigenvalue weighted by molar-refractivity contribution is -0.166. The topological polar surface area (TPSA) is 127 Å². The van der Waals surface area contributed by atoms with Crippen molar-refractivity contribution in [1.82, 2.24) is 15.1 Å². The molecule has 208 valence electrons. The minimum atomic E-state index is -3.67. The zero-order valence-electron chi connectivity index (χ0n) is 22.1. The fourth-order valence-corrected chi connectivity index (χ4v) is 5.88. The van der Waals surface area contributed by atoms with Gasteiger partial charge in [-0.15, -0.1) is 0 Å². The largest absolute Gasteiger partial charge is 0.390 e. The van der Waals surface area contributed by atoms with Crippen molar-refractivity contribution in [2.45, 2.75) is 88.9 Å². The number of aliphatic hydroxyl groups is 1. The van der Waals surface area contributed by atoms with E-state index in [9.17, 15) is 23.1 Å². The Bertz CT molecular complexity index is 981. The molecule has 1 aromatic carbocycles. The Labute approximate surface area is 221 Å². The van der Waals surface area contributed by atoms with Crippen molar-refractivity contribution in [1.29, 1.82) is 0 Å². The van der Waals surface area contributed by atoms with Crippen LogP contribution >= 0.6 is 0 Å². The maximum atomic E-state index is 13.6. The number of nitrogens with zero attached hydrogens (tertiary/aromatic N) is 2. The summed E-state index contributed by atoms with van der Waals surface area (Å²) in [7, 11) is -3.67. The number of piperidine rings is 1. The predicted molar refractivity (Wildman–Crippen MR) is 142 cm³/mol. The van der Waals surface area contributed by atoms with Crippen LogP contribution in [0.3, 0.4) is 0 Å². The van der Waals surface area contributed by atoms with Gasteiger partial charge in [0.05, 0.1) is 12.4 Å². The summed E-state index contributed by atoms with van der Waals surface area (Å²) in [6.45, 7) is 5.14. The van der Waals surface area contributed by atoms with Gasteiger partial charge in [0.15, 0.2) is 0 Å². The molecular weight excluding hydrogens is 494 g/mol. The van der Waals surface area contributed by atoms with Crippen LogP contribution in [0.5, 0.6) is 0 Å². The molecule has 1 aliphatic carbocycles. The summed E-state index contributed by atoms with van der Waals surface area (Å²) < 4.78 is 25.9. The molecule has 10 heteroatoms. The van der Waals surface area contributed by atoms with Crippen LogP contribution in [-0.4, -0.2) is 83.3 Å². The molecule has 3 N–H and O–H groups in total. The molecule has 0 bridgehead atoms. The second kappa shape index (κ2) is 13.2. The third-order valence-electron chi connectivity index (χ3n) is 7.90. The Balaban J connectivity index is 0.000000695. The van der Waals surface area contributed by atoms with E-state index >= 15 is 0 Å². The van der Waals surface area contributed by atoms with Crippen molar-refractivity contribution in [2.24, 2.45) is 5.92 Å². The molecule has 0 radical (unpaired) electrons. The lowest BCUT2D eigenvalue weighted by atomic mass is 9.78. The van der Waals surface area contributed by atoms with Crippen molar-refractivity contribution < 1.29 is 27.7 Å². The van der Waals surface area contributed by atoms with Crippen molar-refractivity contribution >= 4 is 21.9 Å². The van der Waals surface area contributed by atoms with Crippen LogP contribution in [0.25, 0.3) is 0 Å². The SMILES string of the molecule is CCCCN1C(=O)[C@@H]([C@H](O)C2CCCCC2)NC(=O)C12CCN(Cc1ccccc1)CC2.CS(=O)(=O)O. The van der Waals surface area contributed by atoms with E-state index in [0.717, 1.165) is 58.2 Å². The first-order valence-electron chi connectivity index (χ1n) is 13.5. The molecule has 0 unspecified atom stereocenters. The normalized spacial score (nSPS) is 23.8. The van der Waals surface area contributed by atoms with Crippen molar-refractivity contribution in [2.75, 3.05) is 25.9 Å². The Morgan fingerprint density at radius 2 is 1.68 bits per heavy atom. The molecule has 2 saturated heterocycles. The number of amides is 2. The first-order chi connectivity index (χ1) is 17.5. The van der Waals surface area contributed by atoms with Gasteiger partial charge < -0.3 is 15.3 Å². The highest BCUT2D eigenvalue weighted by Crippen LogP contribution is 2.36. The summed E-state index contributed by atoms with van der Waals surface area (Å²) in [5.74, 6) is -0.0344. The fraction of sp³-hybridized carbons (Fsp3) is 0.704. The summed E-state index contributed by atoms with van der Waals surface area (Å²) in [4.78, 5) is 31.4. The van der Waals surface area contributed by atoms with E-state index in [1.807, 2.05) is 11.0 Å². The summed E-state index contributed by atoms with van der Waals surface area (Å²) in [6.07, 6.45) is 8.33. The number of rotatable bonds is 7. The summed E-state index contributed by atoms with van der Waals surface area (Å²) in [5.41, 5.74) is 0.494. The average molecular weight is 538 g/mol. The van der Waals surface area contributed by atoms with Gasteiger partial charge in [0.25, 0.3) is 10.1 Å². The van der Waals surface area contributed by atoms with Crippen LogP contribution in [0.4, 0.5) is 0 Å². The molecule has 37 heavy (non-hydrogen) atoms. The third kappa shape index (κ3) is 7.99. The van der Waals surface area contributed by atoms with E-state index in [1.54, 1.807) is 0 Å². The van der Waals surface area contributed by atoms with Gasteiger partial charge in [0, 0.05) is 26.2 Å². The van der Waals surface area contributed by atoms with Gasteiger partial charge in [-0.25, -0.2) is 0 Å². The number of benzene rings is 1. The molecule has 9 nitrogen and oxygen atoms in total. The van der Waals surface area contributed by atoms with Gasteiger partial charge in [-0.3, -0.25) is 19.0 Å². The van der Waals surface area contributed by atoms with Crippen molar-refractivity contribution in [3.63, 3.8) is 0 Å². The minimum Gasteiger partial charge on any atom is -0.390 e. The number of carbonyl (C=O) groups excluding carboxylic acids is 2. The Morgan fingerprint density at radius 1 is 1.08 bits per heavy atom. The highest BCUT2D eigenvalue weighted by Gasteiger charge is 2.55. The number of piperazine rings is 1. The maximum absolute atomic E-state index is 13.6. The van der Waals surface area contributed by atoms with Crippen LogP contribution < -0.4 is 5.32 Å². The van der Waals surface area contributed by atoms with Crippen molar-refractivity contribution in [3.05, 3.63) is 35.9 Å². The van der Waals surface area contributed by atoms with E-state index in [2.05, 4.69) is 41.4 Å². The molecule has 1 aromatic rings. The smallest absolute Gasteiger partial charge is 0.261 e. The van der Waals surface area contributed by atoms with Gasteiger partial charge in [0.2, 0.25) is 11.8 Å². The number of aliphatic hydroxyl groups excluding tert-OH is 1. The first-order valence-corrected chi connectivity index (χ1v) is 15.4. The zero-order valence-corrected chi connectivity index (χ0v) is 23.0. The van der Waals surface area contributed by atoms with Crippen LogP contribution in [0.1, 0.15) is 70.3 Å². The molecule has 0 aromatic heterocycles. The summed E-state index contributed by atoms with van der Waals surface area (Å²) >= 11 is 0. The highest BCUT2D eigenvalue weighted by atomic mass is 32.2. The lowest BCUT2D eigenvalue weighted by Crippen LogP contribution is -2.75. The number of hydrogen-bond donors (Lipinski definition) is 3. The van der Waals surface area contributed by atoms with Gasteiger partial charge in [-0.1, -0.05) is 62.9 Å². The van der Waals surface area contributed by atoms with Crippen LogP contribution in [0, 0.1) is 5.92 Å². The summed E-state index contributed by atoms with van der Waals surface area (Å²) in [6, 6.07) is 9.60. The van der Waals surface area contributed by atoms with Gasteiger partial charge in [-0.05, 0) is 43.6 Å². The van der Waals surface area contributed by atoms with E-state index in [1.165, 1.54) is 12.0 Å². The second-order valence-electron chi connectivity index (χ2n) is 10.7. The number of nitrogens with one attached hydrogen (secondary N) is 1. The van der Waals surface area contributed by atoms with Crippen LogP contribution in [-0.2, 0) is 26.3 Å². The molecular formula is C27H43N3O6S. The maximum Gasteiger partial charge on any atom is 0.261 e. The Kier molecular flexibility index (Phi) is 10.5. The van der Waals surface area contributed by atoms with Gasteiger partial charge in [-0.2, -0.15) is 8.42 Å². The minimum absolute atomic E-state index is 0.0626. The zero-order chi connectivity index (χ0) is 27.1. The van der Waals surface area contributed by atoms with E-state index in [-0.39, 0.29) is 17.7 Å². The van der Waals surface area contributed by atoms with E-state index in [0.29, 0.717) is 25.6 Å². The van der Waals surface area contributed by atoms with Gasteiger partial charge in [0.1, 0.15) is 11.6 Å². The third-order valence-corrected chi connectivity index (χ3v) is 7.90. The number of unbranched alkanes of at least 4 members (excludes halogenated alkanes) is 1. The van der Waals surface area contributed by atoms with Crippen molar-refractivity contribution in [3.8, 4) is 0 Å². The molecule has 2 heterocycles. The van der Waals surface area contributed by atoms with E-state index in [4.69, 9.17) is 4.55 Å². The standard InChI is InChI=1S/C26H39N3O3.CH4O3S/c1-2-3-16-29-24(31)22(23(30)21-12-8-5-9-13-21)27-25(32)26(29)14-17-28(18-15-26)19-20-10-6-4-7-11-20;1-5(2,3)4/h4,6-7,10-11,21-23,30H,2-3,5,8-9,12-19H2,1H3,(H,27,32);1H3,(H,2,3,4)/t22-,23-;/m1./s1. The van der Waals surface area contributed by atoms with Crippen LogP contribution in [0.15, 0.2) is 30.3 Å². The Morgan fingerprint density at radius 3 is 2.24 bits per heavy atom. The number of carbonyl (C=O) groups is 2. The fourth-order valence-electron chi connectivity index (χ4n) is 5.88. The monoisotopic (exact) mass is 537 g/mol. The summed E-state index contributed by atoms with van der Waals surface area (Å²) in [5, 5.41) is 14.0. The first kappa shape index (κ1) is 29.5. The number of likely N-dealkylation sites (tertiary alicyclic amines) is 1. The molecule has 1 saturated carbocycles. The average Bonchev–Trinajstić information content (AvgIpc) is 2.87. The number of hydrogen-bond acceptors (Lipinski definition) is 6. The molecule has 2 aliphatic heterocycles. The predicted octanol–water partition coefficient (Wildman–Crippen LogP) is 2.59. The second-order valence-corrected chi connectivity index (χ2v) is 12.2.